The van der Waals surface area contributed by atoms with E-state index in [4.69, 9.17) is 20.8 Å². The molecule has 2 aromatic rings. The van der Waals surface area contributed by atoms with Crippen LogP contribution in [0.2, 0.25) is 5.02 Å². The zero-order valence-electron chi connectivity index (χ0n) is 15.4. The summed E-state index contributed by atoms with van der Waals surface area (Å²) in [6.07, 6.45) is 1.49. The van der Waals surface area contributed by atoms with Crippen LogP contribution < -0.4 is 4.74 Å². The maximum Gasteiger partial charge on any atom is 0.373 e. The molecule has 2 amide bonds. The van der Waals surface area contributed by atoms with Crippen molar-refractivity contribution in [3.05, 3.63) is 51.3 Å². The number of aromatic hydroxyl groups is 1. The van der Waals surface area contributed by atoms with Crippen LogP contribution in [0, 0.1) is 0 Å². The Bertz CT molecular complexity index is 1010. The third kappa shape index (κ3) is 4.41. The number of carbonyl (C=O) groups excluding carboxylic acids is 3. The van der Waals surface area contributed by atoms with E-state index in [1.807, 2.05) is 0 Å². The second-order valence-corrected chi connectivity index (χ2v) is 7.21. The lowest BCUT2D eigenvalue weighted by Gasteiger charge is -2.10. The second-order valence-electron chi connectivity index (χ2n) is 5.81. The summed E-state index contributed by atoms with van der Waals surface area (Å²) in [5.41, 5.74) is 0.493. The topological polar surface area (TPSA) is 106 Å². The average molecular weight is 438 g/mol. The number of rotatable bonds is 6. The van der Waals surface area contributed by atoms with Crippen LogP contribution in [0.5, 0.6) is 11.5 Å². The van der Waals surface area contributed by atoms with Gasteiger partial charge in [-0.2, -0.15) is 0 Å². The van der Waals surface area contributed by atoms with Crippen LogP contribution in [0.15, 0.2) is 33.6 Å². The number of amides is 2. The highest BCUT2D eigenvalue weighted by Crippen LogP contribution is 2.38. The molecular weight excluding hydrogens is 422 g/mol. The lowest BCUT2D eigenvalue weighted by Crippen LogP contribution is -2.27. The van der Waals surface area contributed by atoms with Crippen LogP contribution in [0.1, 0.15) is 28.8 Å². The number of hydrogen-bond acceptors (Lipinski definition) is 8. The highest BCUT2D eigenvalue weighted by atomic mass is 35.5. The summed E-state index contributed by atoms with van der Waals surface area (Å²) in [5.74, 6) is -0.945. The van der Waals surface area contributed by atoms with E-state index in [0.717, 1.165) is 16.7 Å². The number of imide groups is 1. The van der Waals surface area contributed by atoms with Crippen molar-refractivity contribution in [1.82, 2.24) is 4.90 Å². The van der Waals surface area contributed by atoms with E-state index < -0.39 is 17.1 Å². The average Bonchev–Trinajstić information content (AvgIpc) is 3.26. The van der Waals surface area contributed by atoms with Crippen molar-refractivity contribution in [1.29, 1.82) is 0 Å². The van der Waals surface area contributed by atoms with Crippen LogP contribution in [0.3, 0.4) is 0 Å². The molecule has 1 aliphatic rings. The number of halogens is 1. The number of hydrogen-bond donors (Lipinski definition) is 1. The van der Waals surface area contributed by atoms with Gasteiger partial charge in [0.05, 0.1) is 30.2 Å². The minimum Gasteiger partial charge on any atom is -0.503 e. The number of thioether (sulfide) groups is 1. The number of carbonyl (C=O) groups is 3. The van der Waals surface area contributed by atoms with Crippen LogP contribution in [-0.4, -0.2) is 40.8 Å². The molecular formula is C19H16ClNO7S. The van der Waals surface area contributed by atoms with Crippen molar-refractivity contribution in [2.75, 3.05) is 13.7 Å². The lowest BCUT2D eigenvalue weighted by molar-refractivity contribution is -0.123. The lowest BCUT2D eigenvalue weighted by atomic mass is 10.2. The molecule has 1 aromatic heterocycles. The Morgan fingerprint density at radius 3 is 2.79 bits per heavy atom. The number of phenolic OH excluding ortho intramolecular Hbond substituents is 1. The first-order chi connectivity index (χ1) is 13.8. The summed E-state index contributed by atoms with van der Waals surface area (Å²) in [4.78, 5) is 37.6. The van der Waals surface area contributed by atoms with E-state index in [-0.39, 0.29) is 39.5 Å². The molecule has 29 heavy (non-hydrogen) atoms. The van der Waals surface area contributed by atoms with Gasteiger partial charge in [0.15, 0.2) is 11.5 Å². The van der Waals surface area contributed by atoms with Gasteiger partial charge in [-0.25, -0.2) is 4.79 Å². The molecule has 0 atom stereocenters. The minimum absolute atomic E-state index is 0.0211. The molecule has 1 aliphatic heterocycles. The quantitative estimate of drug-likeness (QED) is 0.532. The fraction of sp³-hybridized carbons (Fsp3) is 0.211. The van der Waals surface area contributed by atoms with Gasteiger partial charge in [-0.15, -0.1) is 0 Å². The molecule has 2 heterocycles. The van der Waals surface area contributed by atoms with Gasteiger partial charge < -0.3 is 19.0 Å². The molecule has 1 aromatic carbocycles. The van der Waals surface area contributed by atoms with Crippen molar-refractivity contribution in [3.8, 4) is 11.5 Å². The standard InChI is InChI=1S/C19H16ClNO7S/c1-3-27-14-7-10(6-12(20)16(14)22)8-15-17(23)21(19(25)29-15)9-11-4-5-13(28-11)18(24)26-2/h4-8,22H,3,9H2,1-2H3. The molecule has 1 saturated heterocycles. The maximum atomic E-state index is 12.7. The van der Waals surface area contributed by atoms with Gasteiger partial charge in [-0.1, -0.05) is 11.6 Å². The highest BCUT2D eigenvalue weighted by Gasteiger charge is 2.36. The molecule has 3 rings (SSSR count). The zero-order chi connectivity index (χ0) is 21.1. The molecule has 0 radical (unpaired) electrons. The van der Waals surface area contributed by atoms with Crippen molar-refractivity contribution >= 4 is 46.6 Å². The Labute approximate surface area is 175 Å². The van der Waals surface area contributed by atoms with Crippen molar-refractivity contribution in [2.45, 2.75) is 13.5 Å². The molecule has 152 valence electrons. The maximum absolute atomic E-state index is 12.7. The monoisotopic (exact) mass is 437 g/mol. The first kappa shape index (κ1) is 20.8. The van der Waals surface area contributed by atoms with Crippen LogP contribution in [-0.2, 0) is 16.1 Å². The van der Waals surface area contributed by atoms with Crippen molar-refractivity contribution < 1.29 is 33.4 Å². The second kappa shape index (κ2) is 8.62. The van der Waals surface area contributed by atoms with Crippen LogP contribution in [0.4, 0.5) is 4.79 Å². The molecule has 0 aliphatic carbocycles. The van der Waals surface area contributed by atoms with Gasteiger partial charge in [-0.3, -0.25) is 14.5 Å². The fourth-order valence-electron chi connectivity index (χ4n) is 2.56. The summed E-state index contributed by atoms with van der Waals surface area (Å²) in [6, 6.07) is 5.88. The highest BCUT2D eigenvalue weighted by molar-refractivity contribution is 8.18. The number of benzene rings is 1. The number of phenols is 1. The van der Waals surface area contributed by atoms with Crippen LogP contribution >= 0.6 is 23.4 Å². The van der Waals surface area contributed by atoms with E-state index in [1.54, 1.807) is 6.92 Å². The van der Waals surface area contributed by atoms with Crippen LogP contribution in [0.25, 0.3) is 6.08 Å². The first-order valence-electron chi connectivity index (χ1n) is 8.41. The van der Waals surface area contributed by atoms with Gasteiger partial charge in [0.1, 0.15) is 5.76 Å². The molecule has 10 heteroatoms. The Morgan fingerprint density at radius 2 is 2.10 bits per heavy atom. The molecule has 1 N–H and O–H groups in total. The summed E-state index contributed by atoms with van der Waals surface area (Å²) in [7, 11) is 1.22. The molecule has 0 saturated carbocycles. The fourth-order valence-corrected chi connectivity index (χ4v) is 3.62. The van der Waals surface area contributed by atoms with Gasteiger partial charge >= 0.3 is 5.97 Å². The van der Waals surface area contributed by atoms with Gasteiger partial charge in [0, 0.05) is 0 Å². The molecule has 8 nitrogen and oxygen atoms in total. The van der Waals surface area contributed by atoms with Gasteiger partial charge in [0.25, 0.3) is 11.1 Å². The smallest absolute Gasteiger partial charge is 0.373 e. The molecule has 0 bridgehead atoms. The van der Waals surface area contributed by atoms with E-state index >= 15 is 0 Å². The summed E-state index contributed by atoms with van der Waals surface area (Å²) in [5, 5.41) is 9.50. The van der Waals surface area contributed by atoms with Crippen molar-refractivity contribution in [2.24, 2.45) is 0 Å². The Balaban J connectivity index is 1.81. The van der Waals surface area contributed by atoms with E-state index in [1.165, 1.54) is 37.5 Å². The predicted molar refractivity (Wildman–Crippen MR) is 106 cm³/mol. The largest absolute Gasteiger partial charge is 0.503 e. The molecule has 1 fully saturated rings. The Morgan fingerprint density at radius 1 is 1.34 bits per heavy atom. The van der Waals surface area contributed by atoms with E-state index in [2.05, 4.69) is 4.74 Å². The van der Waals surface area contributed by atoms with Crippen molar-refractivity contribution in [3.63, 3.8) is 0 Å². The Kier molecular flexibility index (Phi) is 6.19. The number of ether oxygens (including phenoxy) is 2. The number of methoxy groups -OCH3 is 1. The third-order valence-corrected chi connectivity index (χ3v) is 5.08. The normalized spacial score (nSPS) is 15.3. The number of esters is 1. The zero-order valence-corrected chi connectivity index (χ0v) is 17.0. The molecule has 0 unspecified atom stereocenters. The summed E-state index contributed by atoms with van der Waals surface area (Å²) < 4.78 is 15.2. The van der Waals surface area contributed by atoms with E-state index in [9.17, 15) is 19.5 Å². The Hall–Kier alpha value is -2.91. The predicted octanol–water partition coefficient (Wildman–Crippen LogP) is 4.06. The summed E-state index contributed by atoms with van der Waals surface area (Å²) in [6.45, 7) is 1.95. The van der Waals surface area contributed by atoms with Gasteiger partial charge in [-0.05, 0) is 54.6 Å². The SMILES string of the molecule is CCOc1cc(C=C2SC(=O)N(Cc3ccc(C(=O)OC)o3)C2=O)cc(Cl)c1O. The summed E-state index contributed by atoms with van der Waals surface area (Å²) >= 11 is 6.76. The first-order valence-corrected chi connectivity index (χ1v) is 9.61. The number of nitrogens with zero attached hydrogens (tertiary/aromatic N) is 1. The third-order valence-electron chi connectivity index (χ3n) is 3.88. The number of furan rings is 1. The van der Waals surface area contributed by atoms with Gasteiger partial charge in [0.2, 0.25) is 5.76 Å². The van der Waals surface area contributed by atoms with E-state index in [0.29, 0.717) is 12.2 Å². The molecule has 0 spiro atoms. The minimum atomic E-state index is -0.653.